The van der Waals surface area contributed by atoms with Crippen molar-refractivity contribution in [2.24, 2.45) is 5.92 Å². The van der Waals surface area contributed by atoms with Gasteiger partial charge in [0.05, 0.1) is 5.56 Å². The Labute approximate surface area is 128 Å². The molecule has 0 spiro atoms. The number of aliphatic carboxylic acids is 1. The molecule has 1 fully saturated rings. The van der Waals surface area contributed by atoms with Gasteiger partial charge < -0.3 is 10.0 Å². The number of benzene rings is 1. The zero-order chi connectivity index (χ0) is 15.7. The minimum atomic E-state index is -0.993. The van der Waals surface area contributed by atoms with Crippen LogP contribution in [-0.2, 0) is 11.3 Å². The molecule has 3 rings (SSSR count). The highest BCUT2D eigenvalue weighted by Crippen LogP contribution is 2.32. The molecule has 1 aromatic rings. The Hall–Kier alpha value is -1.91. The summed E-state index contributed by atoms with van der Waals surface area (Å²) in [6, 6.07) is 3.64. The minimum absolute atomic E-state index is 0.0393. The van der Waals surface area contributed by atoms with Gasteiger partial charge in [0.15, 0.2) is 0 Å². The molecule has 0 saturated heterocycles. The summed E-state index contributed by atoms with van der Waals surface area (Å²) in [5.74, 6) is -1.70. The molecule has 0 aromatic heterocycles. The Bertz CT molecular complexity index is 596. The summed E-state index contributed by atoms with van der Waals surface area (Å²) in [5.41, 5.74) is 0.622. The van der Waals surface area contributed by atoms with Crippen LogP contribution in [0.4, 0.5) is 4.39 Å². The van der Waals surface area contributed by atoms with Crippen molar-refractivity contribution >= 4 is 11.9 Å². The number of halogens is 1. The van der Waals surface area contributed by atoms with Gasteiger partial charge in [-0.2, -0.15) is 0 Å². The molecule has 1 aliphatic carbocycles. The molecule has 1 amide bonds. The van der Waals surface area contributed by atoms with E-state index in [2.05, 4.69) is 0 Å². The van der Waals surface area contributed by atoms with Crippen LogP contribution in [-0.4, -0.2) is 27.9 Å². The Morgan fingerprint density at radius 1 is 1.32 bits per heavy atom. The molecule has 0 radical (unpaired) electrons. The molecule has 1 heterocycles. The predicted octanol–water partition coefficient (Wildman–Crippen LogP) is 3.21. The van der Waals surface area contributed by atoms with Gasteiger partial charge in [-0.25, -0.2) is 9.18 Å². The fourth-order valence-electron chi connectivity index (χ4n) is 3.69. The van der Waals surface area contributed by atoms with Crippen molar-refractivity contribution < 1.29 is 19.1 Å². The molecule has 1 N–H and O–H groups in total. The first-order valence-electron chi connectivity index (χ1n) is 7.89. The predicted molar refractivity (Wildman–Crippen MR) is 78.9 cm³/mol. The molecule has 1 atom stereocenters. The maximum absolute atomic E-state index is 13.8. The molecule has 1 aliphatic heterocycles. The van der Waals surface area contributed by atoms with E-state index < -0.39 is 23.7 Å². The van der Waals surface area contributed by atoms with Crippen LogP contribution >= 0.6 is 0 Å². The second-order valence-corrected chi connectivity index (χ2v) is 6.30. The monoisotopic (exact) mass is 305 g/mol. The third-order valence-electron chi connectivity index (χ3n) is 4.86. The average molecular weight is 305 g/mol. The minimum Gasteiger partial charge on any atom is -0.480 e. The first-order valence-corrected chi connectivity index (χ1v) is 7.89. The number of fused-ring (bicyclic) bond motifs is 1. The number of nitrogens with zero attached hydrogens (tertiary/aromatic N) is 1. The Morgan fingerprint density at radius 3 is 2.68 bits per heavy atom. The molecule has 22 heavy (non-hydrogen) atoms. The number of carbonyl (C=O) groups excluding carboxylic acids is 1. The lowest BCUT2D eigenvalue weighted by Crippen LogP contribution is -2.42. The third kappa shape index (κ3) is 2.72. The van der Waals surface area contributed by atoms with Gasteiger partial charge in [0.2, 0.25) is 0 Å². The SMILES string of the molecule is O=C(O)C(CC1CCCCC1)N1Cc2cccc(F)c2C1=O. The van der Waals surface area contributed by atoms with Crippen molar-refractivity contribution in [2.45, 2.75) is 51.1 Å². The highest BCUT2D eigenvalue weighted by Gasteiger charge is 2.39. The summed E-state index contributed by atoms with van der Waals surface area (Å²) in [7, 11) is 0. The molecule has 0 bridgehead atoms. The second kappa shape index (κ2) is 6.07. The van der Waals surface area contributed by atoms with E-state index in [-0.39, 0.29) is 12.1 Å². The standard InChI is InChI=1S/C17H20FNO3/c18-13-8-4-7-12-10-19(16(20)15(12)13)14(17(21)22)9-11-5-2-1-3-6-11/h4,7-8,11,14H,1-3,5-6,9-10H2,(H,21,22). The van der Waals surface area contributed by atoms with Gasteiger partial charge >= 0.3 is 5.97 Å². The van der Waals surface area contributed by atoms with E-state index in [1.165, 1.54) is 17.4 Å². The van der Waals surface area contributed by atoms with Gasteiger partial charge in [0.1, 0.15) is 11.9 Å². The lowest BCUT2D eigenvalue weighted by atomic mass is 9.84. The van der Waals surface area contributed by atoms with E-state index in [4.69, 9.17) is 0 Å². The van der Waals surface area contributed by atoms with E-state index in [9.17, 15) is 19.1 Å². The number of carboxylic acid groups (broad SMARTS) is 1. The number of hydrogen-bond donors (Lipinski definition) is 1. The van der Waals surface area contributed by atoms with Crippen molar-refractivity contribution in [1.82, 2.24) is 4.90 Å². The van der Waals surface area contributed by atoms with Crippen LogP contribution in [0.3, 0.4) is 0 Å². The van der Waals surface area contributed by atoms with Gasteiger partial charge in [0, 0.05) is 6.54 Å². The van der Waals surface area contributed by atoms with E-state index in [1.807, 2.05) is 0 Å². The number of hydrogen-bond acceptors (Lipinski definition) is 2. The molecular weight excluding hydrogens is 285 g/mol. The lowest BCUT2D eigenvalue weighted by molar-refractivity contribution is -0.143. The van der Waals surface area contributed by atoms with Gasteiger partial charge in [-0.3, -0.25) is 4.79 Å². The van der Waals surface area contributed by atoms with E-state index in [0.29, 0.717) is 17.9 Å². The maximum atomic E-state index is 13.8. The molecular formula is C17H20FNO3. The highest BCUT2D eigenvalue weighted by atomic mass is 19.1. The maximum Gasteiger partial charge on any atom is 0.326 e. The summed E-state index contributed by atoms with van der Waals surface area (Å²) >= 11 is 0. The summed E-state index contributed by atoms with van der Waals surface area (Å²) in [4.78, 5) is 25.4. The summed E-state index contributed by atoms with van der Waals surface area (Å²) in [5, 5.41) is 9.54. The topological polar surface area (TPSA) is 57.6 Å². The summed E-state index contributed by atoms with van der Waals surface area (Å²) < 4.78 is 13.8. The van der Waals surface area contributed by atoms with Crippen molar-refractivity contribution in [3.63, 3.8) is 0 Å². The zero-order valence-corrected chi connectivity index (χ0v) is 12.4. The Kier molecular flexibility index (Phi) is 4.14. The van der Waals surface area contributed by atoms with Crippen molar-refractivity contribution in [3.8, 4) is 0 Å². The smallest absolute Gasteiger partial charge is 0.326 e. The summed E-state index contributed by atoms with van der Waals surface area (Å²) in [6.07, 6.45) is 5.96. The number of amides is 1. The van der Waals surface area contributed by atoms with Crippen LogP contribution in [0.5, 0.6) is 0 Å². The Balaban J connectivity index is 1.80. The molecule has 4 nitrogen and oxygen atoms in total. The van der Waals surface area contributed by atoms with Gasteiger partial charge in [-0.05, 0) is 24.0 Å². The molecule has 118 valence electrons. The van der Waals surface area contributed by atoms with Crippen LogP contribution in [0.15, 0.2) is 18.2 Å². The van der Waals surface area contributed by atoms with E-state index in [1.54, 1.807) is 12.1 Å². The highest BCUT2D eigenvalue weighted by molar-refractivity contribution is 6.00. The van der Waals surface area contributed by atoms with Crippen molar-refractivity contribution in [1.29, 1.82) is 0 Å². The normalized spacial score (nSPS) is 20.0. The third-order valence-corrected chi connectivity index (χ3v) is 4.86. The van der Waals surface area contributed by atoms with Gasteiger partial charge in [-0.1, -0.05) is 44.2 Å². The molecule has 1 unspecified atom stereocenters. The second-order valence-electron chi connectivity index (χ2n) is 6.30. The molecule has 2 aliphatic rings. The quantitative estimate of drug-likeness (QED) is 0.929. The number of carboxylic acids is 1. The van der Waals surface area contributed by atoms with Crippen LogP contribution < -0.4 is 0 Å². The average Bonchev–Trinajstić information content (AvgIpc) is 2.84. The molecule has 5 heteroatoms. The van der Waals surface area contributed by atoms with E-state index >= 15 is 0 Å². The fourth-order valence-corrected chi connectivity index (χ4v) is 3.69. The van der Waals surface area contributed by atoms with Crippen LogP contribution in [0, 0.1) is 11.7 Å². The van der Waals surface area contributed by atoms with Crippen LogP contribution in [0.25, 0.3) is 0 Å². The number of rotatable bonds is 4. The number of carbonyl (C=O) groups is 2. The van der Waals surface area contributed by atoms with Crippen molar-refractivity contribution in [3.05, 3.63) is 35.1 Å². The first kappa shape index (κ1) is 15.0. The largest absolute Gasteiger partial charge is 0.480 e. The van der Waals surface area contributed by atoms with Crippen LogP contribution in [0.2, 0.25) is 0 Å². The Morgan fingerprint density at radius 2 is 2.05 bits per heavy atom. The van der Waals surface area contributed by atoms with E-state index in [0.717, 1.165) is 25.7 Å². The van der Waals surface area contributed by atoms with Gasteiger partial charge in [0.25, 0.3) is 5.91 Å². The zero-order valence-electron chi connectivity index (χ0n) is 12.4. The first-order chi connectivity index (χ1) is 10.6. The van der Waals surface area contributed by atoms with Crippen molar-refractivity contribution in [2.75, 3.05) is 0 Å². The van der Waals surface area contributed by atoms with Crippen LogP contribution in [0.1, 0.15) is 54.4 Å². The molecule has 1 saturated carbocycles. The summed E-state index contributed by atoms with van der Waals surface area (Å²) in [6.45, 7) is 0.190. The molecule has 1 aromatic carbocycles. The lowest BCUT2D eigenvalue weighted by Gasteiger charge is -2.29. The fraction of sp³-hybridized carbons (Fsp3) is 0.529. The van der Waals surface area contributed by atoms with Gasteiger partial charge in [-0.15, -0.1) is 0 Å².